The fourth-order valence-corrected chi connectivity index (χ4v) is 3.70. The second-order valence-corrected chi connectivity index (χ2v) is 7.47. The number of carbonyl (C=O) groups is 1. The molecule has 2 heterocycles. The molecule has 29 heavy (non-hydrogen) atoms. The van der Waals surface area contributed by atoms with Gasteiger partial charge in [0.1, 0.15) is 23.7 Å². The van der Waals surface area contributed by atoms with Crippen molar-refractivity contribution >= 4 is 16.9 Å². The Hall–Kier alpha value is -2.83. The van der Waals surface area contributed by atoms with E-state index >= 15 is 0 Å². The van der Waals surface area contributed by atoms with Gasteiger partial charge in [-0.15, -0.1) is 0 Å². The minimum atomic E-state index is -0.660. The highest BCUT2D eigenvalue weighted by Gasteiger charge is 2.35. The highest BCUT2D eigenvalue weighted by molar-refractivity contribution is 6.07. The summed E-state index contributed by atoms with van der Waals surface area (Å²) in [5.74, 6) is 0.953. The number of fused-ring (bicyclic) bond motifs is 1. The van der Waals surface area contributed by atoms with Crippen molar-refractivity contribution in [3.05, 3.63) is 65.4 Å². The molecule has 1 aliphatic heterocycles. The molecule has 6 heteroatoms. The van der Waals surface area contributed by atoms with E-state index in [0.29, 0.717) is 60.7 Å². The SMILES string of the molecule is Cc1oc2ccc(OCc3ccccc3)cc2c1C(=O)NC1(CO)CCOCC1. The summed E-state index contributed by atoms with van der Waals surface area (Å²) >= 11 is 0. The second kappa shape index (κ2) is 8.27. The molecule has 0 atom stereocenters. The molecule has 1 aromatic heterocycles. The van der Waals surface area contributed by atoms with Crippen LogP contribution >= 0.6 is 0 Å². The third-order valence-corrected chi connectivity index (χ3v) is 5.44. The molecule has 0 spiro atoms. The van der Waals surface area contributed by atoms with E-state index in [4.69, 9.17) is 13.9 Å². The van der Waals surface area contributed by atoms with E-state index in [9.17, 15) is 9.90 Å². The topological polar surface area (TPSA) is 80.9 Å². The van der Waals surface area contributed by atoms with E-state index in [1.54, 1.807) is 6.92 Å². The number of nitrogens with one attached hydrogen (secondary N) is 1. The standard InChI is InChI=1S/C23H25NO5/c1-16-21(22(26)24-23(15-25)9-11-27-12-10-23)19-13-18(7-8-20(19)29-16)28-14-17-5-3-2-4-6-17/h2-8,13,25H,9-12,14-15H2,1H3,(H,24,26). The molecule has 1 aliphatic rings. The maximum absolute atomic E-state index is 13.1. The predicted octanol–water partition coefficient (Wildman–Crippen LogP) is 3.59. The zero-order chi connectivity index (χ0) is 20.3. The number of benzene rings is 2. The molecule has 0 unspecified atom stereocenters. The number of aryl methyl sites for hydroxylation is 1. The molecular formula is C23H25NO5. The largest absolute Gasteiger partial charge is 0.489 e. The van der Waals surface area contributed by atoms with Crippen LogP contribution in [0.5, 0.6) is 5.75 Å². The maximum Gasteiger partial charge on any atom is 0.255 e. The molecule has 6 nitrogen and oxygen atoms in total. The first-order valence-electron chi connectivity index (χ1n) is 9.81. The number of carbonyl (C=O) groups excluding carboxylic acids is 1. The van der Waals surface area contributed by atoms with Gasteiger partial charge >= 0.3 is 0 Å². The lowest BCUT2D eigenvalue weighted by Gasteiger charge is -2.36. The highest BCUT2D eigenvalue weighted by Crippen LogP contribution is 2.30. The Bertz CT molecular complexity index is 989. The lowest BCUT2D eigenvalue weighted by atomic mass is 9.90. The lowest BCUT2D eigenvalue weighted by Crippen LogP contribution is -2.54. The van der Waals surface area contributed by atoms with Gasteiger partial charge in [-0.1, -0.05) is 30.3 Å². The molecule has 3 aromatic rings. The molecule has 2 aromatic carbocycles. The normalized spacial score (nSPS) is 15.9. The van der Waals surface area contributed by atoms with E-state index in [-0.39, 0.29) is 12.5 Å². The van der Waals surface area contributed by atoms with Crippen LogP contribution in [-0.4, -0.2) is 36.4 Å². The van der Waals surface area contributed by atoms with Gasteiger partial charge in [-0.2, -0.15) is 0 Å². The Balaban J connectivity index is 1.58. The number of furan rings is 1. The zero-order valence-corrected chi connectivity index (χ0v) is 16.4. The first-order valence-corrected chi connectivity index (χ1v) is 9.81. The number of amides is 1. The average molecular weight is 395 g/mol. The molecule has 152 valence electrons. The Morgan fingerprint density at radius 2 is 1.93 bits per heavy atom. The van der Waals surface area contributed by atoms with Crippen molar-refractivity contribution in [1.29, 1.82) is 0 Å². The number of ether oxygens (including phenoxy) is 2. The molecule has 2 N–H and O–H groups in total. The van der Waals surface area contributed by atoms with Crippen LogP contribution in [-0.2, 0) is 11.3 Å². The number of aliphatic hydroxyl groups is 1. The molecule has 1 fully saturated rings. The Labute approximate surface area is 169 Å². The van der Waals surface area contributed by atoms with Crippen LogP contribution in [0.3, 0.4) is 0 Å². The molecule has 4 rings (SSSR count). The van der Waals surface area contributed by atoms with Gasteiger partial charge in [0.05, 0.1) is 17.7 Å². The van der Waals surface area contributed by atoms with E-state index < -0.39 is 5.54 Å². The summed E-state index contributed by atoms with van der Waals surface area (Å²) < 4.78 is 17.1. The number of rotatable bonds is 6. The molecule has 0 bridgehead atoms. The fourth-order valence-electron chi connectivity index (χ4n) is 3.70. The highest BCUT2D eigenvalue weighted by atomic mass is 16.5. The monoisotopic (exact) mass is 395 g/mol. The van der Waals surface area contributed by atoms with Crippen LogP contribution in [0.4, 0.5) is 0 Å². The number of hydrogen-bond acceptors (Lipinski definition) is 5. The molecular weight excluding hydrogens is 370 g/mol. The third-order valence-electron chi connectivity index (χ3n) is 5.44. The molecule has 1 saturated heterocycles. The summed E-state index contributed by atoms with van der Waals surface area (Å²) in [5.41, 5.74) is 1.51. The summed E-state index contributed by atoms with van der Waals surface area (Å²) in [6.45, 7) is 3.13. The van der Waals surface area contributed by atoms with Crippen molar-refractivity contribution in [2.24, 2.45) is 0 Å². The fraction of sp³-hybridized carbons (Fsp3) is 0.348. The molecule has 0 saturated carbocycles. The predicted molar refractivity (Wildman–Crippen MR) is 109 cm³/mol. The summed E-state index contributed by atoms with van der Waals surface area (Å²) in [6, 6.07) is 15.4. The third kappa shape index (κ3) is 4.13. The van der Waals surface area contributed by atoms with E-state index in [2.05, 4.69) is 5.32 Å². The van der Waals surface area contributed by atoms with Gasteiger partial charge in [0.15, 0.2) is 0 Å². The van der Waals surface area contributed by atoms with Crippen LogP contribution in [0.1, 0.15) is 34.5 Å². The summed E-state index contributed by atoms with van der Waals surface area (Å²) in [4.78, 5) is 13.1. The van der Waals surface area contributed by atoms with Gasteiger partial charge in [0, 0.05) is 18.6 Å². The van der Waals surface area contributed by atoms with Gasteiger partial charge in [0.2, 0.25) is 0 Å². The summed E-state index contributed by atoms with van der Waals surface area (Å²) in [7, 11) is 0. The van der Waals surface area contributed by atoms with Crippen molar-refractivity contribution in [1.82, 2.24) is 5.32 Å². The van der Waals surface area contributed by atoms with Crippen molar-refractivity contribution in [3.8, 4) is 5.75 Å². The number of aliphatic hydroxyl groups excluding tert-OH is 1. The van der Waals surface area contributed by atoms with Gasteiger partial charge in [-0.25, -0.2) is 0 Å². The first-order chi connectivity index (χ1) is 14.1. The number of hydrogen-bond donors (Lipinski definition) is 2. The van der Waals surface area contributed by atoms with E-state index in [1.165, 1.54) is 0 Å². The van der Waals surface area contributed by atoms with Crippen molar-refractivity contribution in [2.45, 2.75) is 31.9 Å². The first kappa shape index (κ1) is 19.5. The van der Waals surface area contributed by atoms with Crippen LogP contribution in [0.15, 0.2) is 52.9 Å². The summed E-state index contributed by atoms with van der Waals surface area (Å²) in [5, 5.41) is 13.6. The second-order valence-electron chi connectivity index (χ2n) is 7.47. The maximum atomic E-state index is 13.1. The molecule has 1 amide bonds. The zero-order valence-electron chi connectivity index (χ0n) is 16.4. The van der Waals surface area contributed by atoms with Crippen molar-refractivity contribution in [2.75, 3.05) is 19.8 Å². The van der Waals surface area contributed by atoms with Gasteiger partial charge in [0.25, 0.3) is 5.91 Å². The summed E-state index contributed by atoms with van der Waals surface area (Å²) in [6.07, 6.45) is 1.16. The van der Waals surface area contributed by atoms with Crippen LogP contribution in [0.2, 0.25) is 0 Å². The van der Waals surface area contributed by atoms with E-state index in [0.717, 1.165) is 5.56 Å². The Morgan fingerprint density at radius 3 is 2.66 bits per heavy atom. The quantitative estimate of drug-likeness (QED) is 0.667. The van der Waals surface area contributed by atoms with Gasteiger partial charge < -0.3 is 24.3 Å². The van der Waals surface area contributed by atoms with E-state index in [1.807, 2.05) is 48.5 Å². The van der Waals surface area contributed by atoms with Crippen LogP contribution in [0, 0.1) is 6.92 Å². The minimum Gasteiger partial charge on any atom is -0.489 e. The molecule has 0 aliphatic carbocycles. The Morgan fingerprint density at radius 1 is 1.17 bits per heavy atom. The van der Waals surface area contributed by atoms with Gasteiger partial charge in [-0.05, 0) is 43.5 Å². The smallest absolute Gasteiger partial charge is 0.255 e. The van der Waals surface area contributed by atoms with Crippen molar-refractivity contribution < 1.29 is 23.8 Å². The van der Waals surface area contributed by atoms with Crippen LogP contribution < -0.4 is 10.1 Å². The minimum absolute atomic E-state index is 0.123. The average Bonchev–Trinajstić information content (AvgIpc) is 3.08. The lowest BCUT2D eigenvalue weighted by molar-refractivity contribution is 0.0125. The van der Waals surface area contributed by atoms with Crippen LogP contribution in [0.25, 0.3) is 11.0 Å². The van der Waals surface area contributed by atoms with Crippen molar-refractivity contribution in [3.63, 3.8) is 0 Å². The molecule has 0 radical (unpaired) electrons. The van der Waals surface area contributed by atoms with Gasteiger partial charge in [-0.3, -0.25) is 4.79 Å². The Kier molecular flexibility index (Phi) is 5.56.